The molecule has 0 N–H and O–H groups in total. The molecule has 0 radical (unpaired) electrons. The van der Waals surface area contributed by atoms with Gasteiger partial charge in [-0.25, -0.2) is 0 Å². The molecule has 0 bridgehead atoms. The zero-order valence-electron chi connectivity index (χ0n) is 9.91. The van der Waals surface area contributed by atoms with Gasteiger partial charge in [0.25, 0.3) is 0 Å². The fourth-order valence-corrected chi connectivity index (χ4v) is 2.74. The Morgan fingerprint density at radius 3 is 2.67 bits per heavy atom. The number of piperidine rings is 1. The topological polar surface area (TPSA) is 3.24 Å². The van der Waals surface area contributed by atoms with Crippen LogP contribution in [-0.4, -0.2) is 24.5 Å². The quantitative estimate of drug-likeness (QED) is 0.682. The van der Waals surface area contributed by atoms with Crippen LogP contribution in [0.25, 0.3) is 0 Å². The van der Waals surface area contributed by atoms with E-state index in [1.165, 1.54) is 51.7 Å². The first-order chi connectivity index (χ1) is 7.40. The van der Waals surface area contributed by atoms with Crippen molar-refractivity contribution in [1.29, 1.82) is 0 Å². The Balaban J connectivity index is 1.82. The second kappa shape index (κ2) is 5.50. The van der Waals surface area contributed by atoms with E-state index in [1.807, 2.05) is 0 Å². The van der Waals surface area contributed by atoms with Crippen LogP contribution in [0.5, 0.6) is 0 Å². The highest BCUT2D eigenvalue weighted by atomic mass is 15.1. The summed E-state index contributed by atoms with van der Waals surface area (Å²) >= 11 is 0. The molecule has 1 nitrogen and oxygen atoms in total. The normalized spacial score (nSPS) is 24.2. The Morgan fingerprint density at radius 2 is 2.07 bits per heavy atom. The van der Waals surface area contributed by atoms with Crippen LogP contribution >= 0.6 is 0 Å². The van der Waals surface area contributed by atoms with E-state index in [0.717, 1.165) is 5.92 Å². The van der Waals surface area contributed by atoms with Crippen molar-refractivity contribution in [2.45, 2.75) is 39.0 Å². The third kappa shape index (κ3) is 2.94. The van der Waals surface area contributed by atoms with Crippen molar-refractivity contribution in [2.75, 3.05) is 19.6 Å². The summed E-state index contributed by atoms with van der Waals surface area (Å²) in [5.41, 5.74) is 1.62. The van der Waals surface area contributed by atoms with Gasteiger partial charge in [0, 0.05) is 0 Å². The summed E-state index contributed by atoms with van der Waals surface area (Å²) in [5, 5.41) is 0. The van der Waals surface area contributed by atoms with E-state index in [9.17, 15) is 0 Å². The molecule has 1 aliphatic carbocycles. The maximum atomic E-state index is 2.61. The Hall–Kier alpha value is -0.560. The van der Waals surface area contributed by atoms with E-state index in [1.54, 1.807) is 5.57 Å². The van der Waals surface area contributed by atoms with E-state index in [-0.39, 0.29) is 0 Å². The highest BCUT2D eigenvalue weighted by Crippen LogP contribution is 2.27. The molecule has 1 saturated heterocycles. The van der Waals surface area contributed by atoms with Crippen molar-refractivity contribution in [1.82, 2.24) is 4.90 Å². The van der Waals surface area contributed by atoms with Gasteiger partial charge in [0.05, 0.1) is 0 Å². The van der Waals surface area contributed by atoms with Crippen LogP contribution in [0, 0.1) is 5.92 Å². The third-order valence-electron chi connectivity index (χ3n) is 3.62. The average Bonchev–Trinajstić information content (AvgIpc) is 2.32. The van der Waals surface area contributed by atoms with Crippen molar-refractivity contribution in [3.63, 3.8) is 0 Å². The van der Waals surface area contributed by atoms with Crippen molar-refractivity contribution in [3.05, 3.63) is 23.8 Å². The summed E-state index contributed by atoms with van der Waals surface area (Å²) in [7, 11) is 0. The minimum atomic E-state index is 0.856. The second-order valence-corrected chi connectivity index (χ2v) is 4.80. The smallest absolute Gasteiger partial charge is 0.00129 e. The Bertz CT molecular complexity index is 244. The zero-order chi connectivity index (χ0) is 10.5. The van der Waals surface area contributed by atoms with E-state index in [2.05, 4.69) is 30.1 Å². The average molecular weight is 205 g/mol. The molecule has 2 aliphatic rings. The first-order valence-corrected chi connectivity index (χ1v) is 6.49. The highest BCUT2D eigenvalue weighted by Gasteiger charge is 2.20. The first kappa shape index (κ1) is 10.9. The van der Waals surface area contributed by atoms with Crippen LogP contribution in [0.3, 0.4) is 0 Å². The van der Waals surface area contributed by atoms with E-state index >= 15 is 0 Å². The molecular weight excluding hydrogens is 182 g/mol. The Morgan fingerprint density at radius 1 is 1.27 bits per heavy atom. The number of hydrogen-bond acceptors (Lipinski definition) is 1. The van der Waals surface area contributed by atoms with Crippen LogP contribution in [0.1, 0.15) is 39.0 Å². The highest BCUT2D eigenvalue weighted by molar-refractivity contribution is 5.25. The molecule has 0 unspecified atom stereocenters. The molecule has 0 aromatic carbocycles. The van der Waals surface area contributed by atoms with Crippen molar-refractivity contribution < 1.29 is 0 Å². The zero-order valence-corrected chi connectivity index (χ0v) is 9.91. The Kier molecular flexibility index (Phi) is 4.01. The van der Waals surface area contributed by atoms with Gasteiger partial charge in [0.2, 0.25) is 0 Å². The van der Waals surface area contributed by atoms with Gasteiger partial charge in [0.1, 0.15) is 0 Å². The van der Waals surface area contributed by atoms with Crippen LogP contribution in [0.2, 0.25) is 0 Å². The lowest BCUT2D eigenvalue weighted by Gasteiger charge is -2.32. The molecule has 0 saturated carbocycles. The minimum Gasteiger partial charge on any atom is -0.303 e. The molecule has 15 heavy (non-hydrogen) atoms. The molecule has 1 heterocycles. The summed E-state index contributed by atoms with van der Waals surface area (Å²) in [5.74, 6) is 0.856. The van der Waals surface area contributed by atoms with Gasteiger partial charge < -0.3 is 4.90 Å². The summed E-state index contributed by atoms with van der Waals surface area (Å²) in [6.07, 6.45) is 13.7. The van der Waals surface area contributed by atoms with Crippen molar-refractivity contribution >= 4 is 0 Å². The number of rotatable bonds is 3. The molecule has 1 fully saturated rings. The molecule has 84 valence electrons. The maximum Gasteiger partial charge on any atom is -0.00129 e. The minimum absolute atomic E-state index is 0.856. The van der Waals surface area contributed by atoms with Crippen LogP contribution in [0.4, 0.5) is 0 Å². The second-order valence-electron chi connectivity index (χ2n) is 4.80. The molecular formula is C14H23N. The SMILES string of the molecule is CCCN1CCC(C2=CCCC=C2)CC1. The molecule has 0 amide bonds. The largest absolute Gasteiger partial charge is 0.303 e. The monoisotopic (exact) mass is 205 g/mol. The predicted octanol–water partition coefficient (Wildman–Crippen LogP) is 3.38. The number of nitrogens with zero attached hydrogens (tertiary/aromatic N) is 1. The van der Waals surface area contributed by atoms with Gasteiger partial charge in [0.15, 0.2) is 0 Å². The van der Waals surface area contributed by atoms with Gasteiger partial charge in [-0.15, -0.1) is 0 Å². The fraction of sp³-hybridized carbons (Fsp3) is 0.714. The molecule has 1 aliphatic heterocycles. The predicted molar refractivity (Wildman–Crippen MR) is 65.9 cm³/mol. The molecule has 0 aromatic heterocycles. The summed E-state index contributed by atoms with van der Waals surface area (Å²) in [6, 6.07) is 0. The lowest BCUT2D eigenvalue weighted by Crippen LogP contribution is -2.34. The first-order valence-electron chi connectivity index (χ1n) is 6.49. The lowest BCUT2D eigenvalue weighted by atomic mass is 9.86. The molecule has 0 spiro atoms. The van der Waals surface area contributed by atoms with Gasteiger partial charge in [-0.3, -0.25) is 0 Å². The molecule has 0 atom stereocenters. The van der Waals surface area contributed by atoms with Crippen LogP contribution < -0.4 is 0 Å². The maximum absolute atomic E-state index is 2.61. The summed E-state index contributed by atoms with van der Waals surface area (Å²) in [4.78, 5) is 2.61. The van der Waals surface area contributed by atoms with Crippen LogP contribution in [0.15, 0.2) is 23.8 Å². The van der Waals surface area contributed by atoms with Crippen molar-refractivity contribution in [3.8, 4) is 0 Å². The summed E-state index contributed by atoms with van der Waals surface area (Å²) in [6.45, 7) is 6.19. The van der Waals surface area contributed by atoms with Gasteiger partial charge in [-0.2, -0.15) is 0 Å². The fourth-order valence-electron chi connectivity index (χ4n) is 2.74. The van der Waals surface area contributed by atoms with E-state index in [0.29, 0.717) is 0 Å². The Labute approximate surface area is 93.9 Å². The van der Waals surface area contributed by atoms with E-state index in [4.69, 9.17) is 0 Å². The molecule has 2 rings (SSSR count). The number of likely N-dealkylation sites (tertiary alicyclic amines) is 1. The van der Waals surface area contributed by atoms with Gasteiger partial charge >= 0.3 is 0 Å². The number of allylic oxidation sites excluding steroid dienone is 4. The molecule has 1 heteroatoms. The third-order valence-corrected chi connectivity index (χ3v) is 3.62. The standard InChI is InChI=1S/C14H23N/c1-2-10-15-11-8-14(9-12-15)13-6-4-3-5-7-13/h4,6-7,14H,2-3,5,8-12H2,1H3. The van der Waals surface area contributed by atoms with Gasteiger partial charge in [-0.1, -0.05) is 25.2 Å². The van der Waals surface area contributed by atoms with E-state index < -0.39 is 0 Å². The van der Waals surface area contributed by atoms with Crippen molar-refractivity contribution in [2.24, 2.45) is 5.92 Å². The summed E-state index contributed by atoms with van der Waals surface area (Å²) < 4.78 is 0. The number of hydrogen-bond donors (Lipinski definition) is 0. The van der Waals surface area contributed by atoms with Gasteiger partial charge in [-0.05, 0) is 63.2 Å². The lowest BCUT2D eigenvalue weighted by molar-refractivity contribution is 0.200. The molecule has 0 aromatic rings. The van der Waals surface area contributed by atoms with Crippen LogP contribution in [-0.2, 0) is 0 Å².